The van der Waals surface area contributed by atoms with Crippen molar-refractivity contribution in [3.63, 3.8) is 0 Å². The van der Waals surface area contributed by atoms with Crippen LogP contribution in [-0.4, -0.2) is 21.0 Å². The Kier molecular flexibility index (Phi) is 5.60. The van der Waals surface area contributed by atoms with Gasteiger partial charge in [0.1, 0.15) is 17.0 Å². The maximum atomic E-state index is 11.0. The van der Waals surface area contributed by atoms with Crippen LogP contribution < -0.4 is 5.32 Å². The number of rotatable bonds is 4. The van der Waals surface area contributed by atoms with E-state index < -0.39 is 5.97 Å². The van der Waals surface area contributed by atoms with Gasteiger partial charge in [0.05, 0.1) is 10.9 Å². The fourth-order valence-electron chi connectivity index (χ4n) is 2.64. The van der Waals surface area contributed by atoms with E-state index in [1.54, 1.807) is 35.6 Å². The van der Waals surface area contributed by atoms with Gasteiger partial charge in [0.2, 0.25) is 0 Å². The summed E-state index contributed by atoms with van der Waals surface area (Å²) in [6.07, 6.45) is 1.51. The van der Waals surface area contributed by atoms with E-state index in [0.717, 1.165) is 27.0 Å². The lowest BCUT2D eigenvalue weighted by Gasteiger charge is -2.09. The molecule has 2 N–H and O–H groups in total. The molecule has 2 heterocycles. The Morgan fingerprint density at radius 1 is 1.04 bits per heavy atom. The Morgan fingerprint density at radius 3 is 2.41 bits per heavy atom. The minimum absolute atomic E-state index is 0. The molecule has 0 saturated heterocycles. The zero-order chi connectivity index (χ0) is 18.1. The highest BCUT2D eigenvalue weighted by atomic mass is 35.5. The SMILES string of the molecule is Cl.O=C(O)c1ccc(Nc2ncnc3scc(-c4ccc(Cl)cc4)c23)cc1. The number of thiophene rings is 1. The fourth-order valence-corrected chi connectivity index (χ4v) is 3.69. The molecule has 0 unspecified atom stereocenters. The number of carbonyl (C=O) groups is 1. The van der Waals surface area contributed by atoms with E-state index in [0.29, 0.717) is 10.8 Å². The van der Waals surface area contributed by atoms with Crippen LogP contribution >= 0.6 is 35.3 Å². The molecule has 4 rings (SSSR count). The first-order chi connectivity index (χ1) is 12.6. The lowest BCUT2D eigenvalue weighted by molar-refractivity contribution is 0.0697. The second-order valence-corrected chi connectivity index (χ2v) is 6.86. The van der Waals surface area contributed by atoms with Gasteiger partial charge in [-0.25, -0.2) is 14.8 Å². The van der Waals surface area contributed by atoms with Crippen LogP contribution in [-0.2, 0) is 0 Å². The quantitative estimate of drug-likeness (QED) is 0.433. The molecular formula is C19H13Cl2N3O2S. The number of nitrogens with zero attached hydrogens (tertiary/aromatic N) is 2. The molecule has 0 fully saturated rings. The molecule has 4 aromatic rings. The number of benzene rings is 2. The van der Waals surface area contributed by atoms with Gasteiger partial charge in [-0.05, 0) is 42.0 Å². The van der Waals surface area contributed by atoms with Gasteiger partial charge < -0.3 is 10.4 Å². The average molecular weight is 418 g/mol. The molecule has 0 saturated carbocycles. The van der Waals surface area contributed by atoms with Gasteiger partial charge in [-0.1, -0.05) is 23.7 Å². The van der Waals surface area contributed by atoms with E-state index in [2.05, 4.69) is 15.3 Å². The minimum atomic E-state index is -0.955. The molecule has 0 atom stereocenters. The summed E-state index contributed by atoms with van der Waals surface area (Å²) in [5.74, 6) is -0.284. The predicted molar refractivity (Wildman–Crippen MR) is 112 cm³/mol. The number of hydrogen-bond donors (Lipinski definition) is 2. The molecule has 0 aliphatic rings. The molecule has 136 valence electrons. The first-order valence-corrected chi connectivity index (χ1v) is 8.96. The van der Waals surface area contributed by atoms with Gasteiger partial charge in [0, 0.05) is 21.7 Å². The smallest absolute Gasteiger partial charge is 0.335 e. The van der Waals surface area contributed by atoms with Gasteiger partial charge in [0.25, 0.3) is 0 Å². The second-order valence-electron chi connectivity index (χ2n) is 5.57. The van der Waals surface area contributed by atoms with Crippen LogP contribution in [0.5, 0.6) is 0 Å². The van der Waals surface area contributed by atoms with E-state index in [1.165, 1.54) is 6.33 Å². The van der Waals surface area contributed by atoms with Gasteiger partial charge in [-0.2, -0.15) is 0 Å². The molecule has 0 spiro atoms. The summed E-state index contributed by atoms with van der Waals surface area (Å²) < 4.78 is 0. The Bertz CT molecular complexity index is 1100. The highest BCUT2D eigenvalue weighted by Gasteiger charge is 2.13. The number of anilines is 2. The van der Waals surface area contributed by atoms with E-state index in [9.17, 15) is 4.79 Å². The molecule has 0 amide bonds. The van der Waals surface area contributed by atoms with Gasteiger partial charge >= 0.3 is 5.97 Å². The number of halogens is 2. The van der Waals surface area contributed by atoms with Crippen LogP contribution in [0.3, 0.4) is 0 Å². The van der Waals surface area contributed by atoms with Crippen LogP contribution in [0, 0.1) is 0 Å². The van der Waals surface area contributed by atoms with Crippen molar-refractivity contribution in [3.8, 4) is 11.1 Å². The topological polar surface area (TPSA) is 75.1 Å². The summed E-state index contributed by atoms with van der Waals surface area (Å²) >= 11 is 7.53. The maximum Gasteiger partial charge on any atom is 0.335 e. The second kappa shape index (κ2) is 7.92. The van der Waals surface area contributed by atoms with Gasteiger partial charge in [-0.15, -0.1) is 23.7 Å². The largest absolute Gasteiger partial charge is 0.478 e. The predicted octanol–water partition coefficient (Wildman–Crippen LogP) is 5.88. The van der Waals surface area contributed by atoms with Crippen LogP contribution in [0.1, 0.15) is 10.4 Å². The lowest BCUT2D eigenvalue weighted by atomic mass is 10.1. The first kappa shape index (κ1) is 19.1. The number of aromatic carboxylic acids is 1. The summed E-state index contributed by atoms with van der Waals surface area (Å²) in [6, 6.07) is 14.2. The monoisotopic (exact) mass is 417 g/mol. The molecular weight excluding hydrogens is 405 g/mol. The molecule has 2 aromatic heterocycles. The molecule has 27 heavy (non-hydrogen) atoms. The number of carboxylic acid groups (broad SMARTS) is 1. The Labute approximate surface area is 170 Å². The summed E-state index contributed by atoms with van der Waals surface area (Å²) in [6.45, 7) is 0. The van der Waals surface area contributed by atoms with Crippen molar-refractivity contribution in [3.05, 3.63) is 70.8 Å². The van der Waals surface area contributed by atoms with Crippen molar-refractivity contribution in [1.82, 2.24) is 9.97 Å². The lowest BCUT2D eigenvalue weighted by Crippen LogP contribution is -1.98. The molecule has 0 aliphatic heterocycles. The van der Waals surface area contributed by atoms with Crippen LogP contribution in [0.25, 0.3) is 21.3 Å². The minimum Gasteiger partial charge on any atom is -0.478 e. The molecule has 0 radical (unpaired) electrons. The maximum absolute atomic E-state index is 11.0. The van der Waals surface area contributed by atoms with E-state index in [1.807, 2.05) is 29.6 Å². The Hall–Kier alpha value is -2.67. The molecule has 5 nitrogen and oxygen atoms in total. The summed E-state index contributed by atoms with van der Waals surface area (Å²) in [5, 5.41) is 15.9. The third-order valence-corrected chi connectivity index (χ3v) is 5.06. The van der Waals surface area contributed by atoms with E-state index in [-0.39, 0.29) is 18.0 Å². The van der Waals surface area contributed by atoms with Crippen molar-refractivity contribution < 1.29 is 9.90 Å². The zero-order valence-electron chi connectivity index (χ0n) is 13.7. The van der Waals surface area contributed by atoms with Crippen molar-refractivity contribution >= 4 is 63.0 Å². The van der Waals surface area contributed by atoms with Crippen molar-refractivity contribution in [2.45, 2.75) is 0 Å². The molecule has 0 aliphatic carbocycles. The average Bonchev–Trinajstić information content (AvgIpc) is 3.08. The van der Waals surface area contributed by atoms with Crippen LogP contribution in [0.15, 0.2) is 60.2 Å². The number of aromatic nitrogens is 2. The highest BCUT2D eigenvalue weighted by molar-refractivity contribution is 7.17. The Balaban J connectivity index is 0.00000210. The van der Waals surface area contributed by atoms with E-state index in [4.69, 9.17) is 16.7 Å². The van der Waals surface area contributed by atoms with E-state index >= 15 is 0 Å². The number of fused-ring (bicyclic) bond motifs is 1. The fraction of sp³-hybridized carbons (Fsp3) is 0. The summed E-state index contributed by atoms with van der Waals surface area (Å²) in [7, 11) is 0. The number of nitrogens with one attached hydrogen (secondary N) is 1. The van der Waals surface area contributed by atoms with Gasteiger partial charge in [-0.3, -0.25) is 0 Å². The third kappa shape index (κ3) is 3.88. The number of hydrogen-bond acceptors (Lipinski definition) is 5. The van der Waals surface area contributed by atoms with Gasteiger partial charge in [0.15, 0.2) is 0 Å². The van der Waals surface area contributed by atoms with Crippen molar-refractivity contribution in [2.75, 3.05) is 5.32 Å². The van der Waals surface area contributed by atoms with Crippen molar-refractivity contribution in [2.24, 2.45) is 0 Å². The standard InChI is InChI=1S/C19H12ClN3O2S.ClH/c20-13-5-1-11(2-6-13)15-9-26-18-16(15)17(21-10-22-18)23-14-7-3-12(4-8-14)19(24)25;/h1-10H,(H,24,25)(H,21,22,23);1H. The Morgan fingerprint density at radius 2 is 1.74 bits per heavy atom. The molecule has 8 heteroatoms. The number of carboxylic acids is 1. The third-order valence-electron chi connectivity index (χ3n) is 3.92. The highest BCUT2D eigenvalue weighted by Crippen LogP contribution is 2.37. The molecule has 0 bridgehead atoms. The zero-order valence-corrected chi connectivity index (χ0v) is 16.1. The normalized spacial score (nSPS) is 10.4. The molecule has 2 aromatic carbocycles. The van der Waals surface area contributed by atoms with Crippen molar-refractivity contribution in [1.29, 1.82) is 0 Å². The van der Waals surface area contributed by atoms with Crippen LogP contribution in [0.2, 0.25) is 5.02 Å². The summed E-state index contributed by atoms with van der Waals surface area (Å²) in [4.78, 5) is 20.6. The first-order valence-electron chi connectivity index (χ1n) is 7.70. The summed E-state index contributed by atoms with van der Waals surface area (Å²) in [5.41, 5.74) is 3.04. The van der Waals surface area contributed by atoms with Crippen LogP contribution in [0.4, 0.5) is 11.5 Å².